The van der Waals surface area contributed by atoms with Crippen molar-refractivity contribution in [3.63, 3.8) is 0 Å². The van der Waals surface area contributed by atoms with Crippen LogP contribution >= 0.6 is 11.6 Å². The van der Waals surface area contributed by atoms with Gasteiger partial charge in [-0.3, -0.25) is 4.79 Å². The molecule has 0 aliphatic heterocycles. The first kappa shape index (κ1) is 15.7. The quantitative estimate of drug-likeness (QED) is 0.892. The molecule has 0 bridgehead atoms. The van der Waals surface area contributed by atoms with Crippen molar-refractivity contribution in [1.29, 1.82) is 0 Å². The molecule has 0 saturated carbocycles. The van der Waals surface area contributed by atoms with E-state index in [1.165, 1.54) is 0 Å². The normalized spacial score (nSPS) is 13.9. The molecule has 2 N–H and O–H groups in total. The molecule has 4 nitrogen and oxygen atoms in total. The van der Waals surface area contributed by atoms with Crippen molar-refractivity contribution in [2.75, 3.05) is 6.54 Å². The number of nitrogens with one attached hydrogen (secondary N) is 1. The van der Waals surface area contributed by atoms with E-state index < -0.39 is 5.60 Å². The van der Waals surface area contributed by atoms with E-state index >= 15 is 0 Å². The highest BCUT2D eigenvalue weighted by Crippen LogP contribution is 2.22. The smallest absolute Gasteiger partial charge is 0.270 e. The van der Waals surface area contributed by atoms with Gasteiger partial charge in [0.2, 0.25) is 0 Å². The first-order valence-corrected chi connectivity index (χ1v) is 7.36. The van der Waals surface area contributed by atoms with E-state index in [-0.39, 0.29) is 18.1 Å². The van der Waals surface area contributed by atoms with Crippen LogP contribution in [0.3, 0.4) is 0 Å². The number of nitrogens with zero attached hydrogens (tertiary/aromatic N) is 1. The lowest BCUT2D eigenvalue weighted by molar-refractivity contribution is 0.0468. The average Bonchev–Trinajstić information content (AvgIpc) is 2.45. The van der Waals surface area contributed by atoms with Gasteiger partial charge in [-0.1, -0.05) is 43.1 Å². The van der Waals surface area contributed by atoms with Gasteiger partial charge in [0.1, 0.15) is 5.69 Å². The van der Waals surface area contributed by atoms with E-state index in [0.717, 1.165) is 11.8 Å². The predicted octanol–water partition coefficient (Wildman–Crippen LogP) is 3.17. The van der Waals surface area contributed by atoms with E-state index in [9.17, 15) is 9.90 Å². The SMILES string of the molecule is CCCC(C)(O)CNC(=O)c1cc(Cl)c2ccccc2n1. The van der Waals surface area contributed by atoms with E-state index in [1.807, 2.05) is 31.2 Å². The molecule has 0 spiro atoms. The van der Waals surface area contributed by atoms with Crippen LogP contribution in [0.25, 0.3) is 10.9 Å². The van der Waals surface area contributed by atoms with Crippen LogP contribution in [0.1, 0.15) is 37.2 Å². The number of fused-ring (bicyclic) bond motifs is 1. The molecule has 112 valence electrons. The van der Waals surface area contributed by atoms with Crippen LogP contribution in [-0.4, -0.2) is 28.1 Å². The Bertz CT molecular complexity index is 656. The fourth-order valence-corrected chi connectivity index (χ4v) is 2.50. The van der Waals surface area contributed by atoms with Crippen molar-refractivity contribution >= 4 is 28.4 Å². The summed E-state index contributed by atoms with van der Waals surface area (Å²) in [6, 6.07) is 8.94. The maximum absolute atomic E-state index is 12.1. The Balaban J connectivity index is 2.16. The molecule has 2 rings (SSSR count). The summed E-state index contributed by atoms with van der Waals surface area (Å²) in [6.45, 7) is 3.88. The Morgan fingerprint density at radius 2 is 2.14 bits per heavy atom. The third-order valence-electron chi connectivity index (χ3n) is 3.32. The first-order valence-electron chi connectivity index (χ1n) is 6.99. The van der Waals surface area contributed by atoms with Crippen molar-refractivity contribution in [2.45, 2.75) is 32.3 Å². The number of rotatable bonds is 5. The van der Waals surface area contributed by atoms with E-state index in [0.29, 0.717) is 17.0 Å². The molecule has 0 fully saturated rings. The van der Waals surface area contributed by atoms with Crippen LogP contribution in [0.5, 0.6) is 0 Å². The number of amides is 1. The fourth-order valence-electron chi connectivity index (χ4n) is 2.24. The van der Waals surface area contributed by atoms with E-state index in [2.05, 4.69) is 10.3 Å². The largest absolute Gasteiger partial charge is 0.388 e. The Labute approximate surface area is 129 Å². The zero-order valence-electron chi connectivity index (χ0n) is 12.2. The first-order chi connectivity index (χ1) is 9.93. The van der Waals surface area contributed by atoms with Gasteiger partial charge < -0.3 is 10.4 Å². The lowest BCUT2D eigenvalue weighted by atomic mass is 10.0. The van der Waals surface area contributed by atoms with Gasteiger partial charge >= 0.3 is 0 Å². The highest BCUT2D eigenvalue weighted by Gasteiger charge is 2.21. The minimum Gasteiger partial charge on any atom is -0.388 e. The van der Waals surface area contributed by atoms with Crippen LogP contribution in [0, 0.1) is 0 Å². The van der Waals surface area contributed by atoms with Gasteiger partial charge in [0, 0.05) is 11.9 Å². The molecule has 0 aliphatic carbocycles. The molecular weight excluding hydrogens is 288 g/mol. The predicted molar refractivity (Wildman–Crippen MR) is 84.6 cm³/mol. The van der Waals surface area contributed by atoms with E-state index in [1.54, 1.807) is 13.0 Å². The number of para-hydroxylation sites is 1. The summed E-state index contributed by atoms with van der Waals surface area (Å²) in [4.78, 5) is 16.5. The molecule has 1 aromatic heterocycles. The maximum atomic E-state index is 12.1. The van der Waals surface area contributed by atoms with Crippen LogP contribution in [0.4, 0.5) is 0 Å². The molecule has 2 aromatic rings. The van der Waals surface area contributed by atoms with Gasteiger partial charge in [0.05, 0.1) is 16.1 Å². The van der Waals surface area contributed by atoms with Gasteiger partial charge in [0.25, 0.3) is 5.91 Å². The second kappa shape index (κ2) is 6.41. The third-order valence-corrected chi connectivity index (χ3v) is 3.63. The Morgan fingerprint density at radius 3 is 2.86 bits per heavy atom. The average molecular weight is 307 g/mol. The van der Waals surface area contributed by atoms with Crippen molar-refractivity contribution in [2.24, 2.45) is 0 Å². The van der Waals surface area contributed by atoms with Crippen LogP contribution in [0.2, 0.25) is 5.02 Å². The fraction of sp³-hybridized carbons (Fsp3) is 0.375. The van der Waals surface area contributed by atoms with Gasteiger partial charge in [-0.05, 0) is 25.5 Å². The second-order valence-corrected chi connectivity index (χ2v) is 5.84. The Hall–Kier alpha value is -1.65. The van der Waals surface area contributed by atoms with Gasteiger partial charge in [-0.15, -0.1) is 0 Å². The van der Waals surface area contributed by atoms with Gasteiger partial charge in [-0.2, -0.15) is 0 Å². The summed E-state index contributed by atoms with van der Waals surface area (Å²) < 4.78 is 0. The molecule has 1 unspecified atom stereocenters. The zero-order valence-corrected chi connectivity index (χ0v) is 12.9. The minimum atomic E-state index is -0.912. The topological polar surface area (TPSA) is 62.2 Å². The molecular formula is C16H19ClN2O2. The number of carbonyl (C=O) groups is 1. The molecule has 1 amide bonds. The summed E-state index contributed by atoms with van der Waals surface area (Å²) in [5, 5.41) is 14.1. The second-order valence-electron chi connectivity index (χ2n) is 5.44. The Morgan fingerprint density at radius 1 is 1.43 bits per heavy atom. The van der Waals surface area contributed by atoms with E-state index in [4.69, 9.17) is 11.6 Å². The number of hydrogen-bond acceptors (Lipinski definition) is 3. The Kier molecular flexibility index (Phi) is 4.80. The summed E-state index contributed by atoms with van der Waals surface area (Å²) in [6.07, 6.45) is 1.47. The number of hydrogen-bond donors (Lipinski definition) is 2. The maximum Gasteiger partial charge on any atom is 0.270 e. The van der Waals surface area contributed by atoms with Crippen LogP contribution in [-0.2, 0) is 0 Å². The number of benzene rings is 1. The highest BCUT2D eigenvalue weighted by molar-refractivity contribution is 6.35. The molecule has 1 aromatic carbocycles. The molecule has 1 atom stereocenters. The van der Waals surface area contributed by atoms with Crippen molar-refractivity contribution in [3.8, 4) is 0 Å². The minimum absolute atomic E-state index is 0.186. The monoisotopic (exact) mass is 306 g/mol. The molecule has 0 saturated heterocycles. The van der Waals surface area contributed by atoms with Crippen molar-refractivity contribution in [1.82, 2.24) is 10.3 Å². The van der Waals surface area contributed by atoms with Crippen molar-refractivity contribution < 1.29 is 9.90 Å². The zero-order chi connectivity index (χ0) is 15.5. The third kappa shape index (κ3) is 3.93. The molecule has 5 heteroatoms. The van der Waals surface area contributed by atoms with Crippen LogP contribution < -0.4 is 5.32 Å². The number of halogens is 1. The summed E-state index contributed by atoms with van der Waals surface area (Å²) in [5.74, 6) is -0.334. The summed E-state index contributed by atoms with van der Waals surface area (Å²) in [7, 11) is 0. The molecule has 1 heterocycles. The van der Waals surface area contributed by atoms with Crippen LogP contribution in [0.15, 0.2) is 30.3 Å². The number of pyridine rings is 1. The van der Waals surface area contributed by atoms with Gasteiger partial charge in [-0.25, -0.2) is 4.98 Å². The number of aliphatic hydroxyl groups is 1. The highest BCUT2D eigenvalue weighted by atomic mass is 35.5. The number of carbonyl (C=O) groups excluding carboxylic acids is 1. The number of aromatic nitrogens is 1. The lowest BCUT2D eigenvalue weighted by Crippen LogP contribution is -2.40. The molecule has 21 heavy (non-hydrogen) atoms. The molecule has 0 aliphatic rings. The lowest BCUT2D eigenvalue weighted by Gasteiger charge is -2.22. The summed E-state index contributed by atoms with van der Waals surface area (Å²) in [5.41, 5.74) is 0.0203. The standard InChI is InChI=1S/C16H19ClN2O2/c1-3-8-16(2,21)10-18-15(20)14-9-12(17)11-6-4-5-7-13(11)19-14/h4-7,9,21H,3,8,10H2,1-2H3,(H,18,20). The summed E-state index contributed by atoms with van der Waals surface area (Å²) >= 11 is 6.18. The molecule has 0 radical (unpaired) electrons. The van der Waals surface area contributed by atoms with Gasteiger partial charge in [0.15, 0.2) is 0 Å². The van der Waals surface area contributed by atoms with Crippen molar-refractivity contribution in [3.05, 3.63) is 41.0 Å².